The Balaban J connectivity index is 1.84. The first-order valence-corrected chi connectivity index (χ1v) is 7.08. The maximum Gasteiger partial charge on any atom is 0.236 e. The summed E-state index contributed by atoms with van der Waals surface area (Å²) < 4.78 is 1.76. The Labute approximate surface area is 112 Å². The molecule has 2 aromatic rings. The second-order valence-electron chi connectivity index (χ2n) is 3.42. The Hall–Kier alpha value is -1.48. The molecule has 18 heavy (non-hydrogen) atoms. The molecule has 2 aromatic heterocycles. The molecular weight excluding hydrogens is 272 g/mol. The third-order valence-electron chi connectivity index (χ3n) is 2.02. The molecule has 0 unspecified atom stereocenters. The zero-order valence-electron chi connectivity index (χ0n) is 9.95. The summed E-state index contributed by atoms with van der Waals surface area (Å²) in [4.78, 5) is 11.7. The smallest absolute Gasteiger partial charge is 0.236 e. The lowest BCUT2D eigenvalue weighted by Gasteiger charge is -2.00. The van der Waals surface area contributed by atoms with Gasteiger partial charge in [-0.15, -0.1) is 20.4 Å². The number of hydrogen-bond donors (Lipinski definition) is 1. The predicted octanol–water partition coefficient (Wildman–Crippen LogP) is 0.960. The highest BCUT2D eigenvalue weighted by molar-refractivity contribution is 7.99. The van der Waals surface area contributed by atoms with Crippen LogP contribution in [-0.4, -0.2) is 36.6 Å². The van der Waals surface area contributed by atoms with E-state index < -0.39 is 0 Å². The van der Waals surface area contributed by atoms with Crippen LogP contribution in [0.3, 0.4) is 0 Å². The van der Waals surface area contributed by atoms with Gasteiger partial charge in [0.25, 0.3) is 0 Å². The lowest BCUT2D eigenvalue weighted by Crippen LogP contribution is -2.14. The number of amides is 1. The highest BCUT2D eigenvalue weighted by Crippen LogP contribution is 2.17. The fourth-order valence-electron chi connectivity index (χ4n) is 1.14. The van der Waals surface area contributed by atoms with Crippen LogP contribution in [0.1, 0.15) is 11.9 Å². The molecule has 9 heteroatoms. The summed E-state index contributed by atoms with van der Waals surface area (Å²) in [5.41, 5.74) is 0. The van der Waals surface area contributed by atoms with Gasteiger partial charge in [0, 0.05) is 7.05 Å². The Kier molecular flexibility index (Phi) is 4.26. The summed E-state index contributed by atoms with van der Waals surface area (Å²) in [6.45, 7) is 2.00. The Morgan fingerprint density at radius 2 is 2.33 bits per heavy atom. The van der Waals surface area contributed by atoms with E-state index in [2.05, 4.69) is 25.7 Å². The number of nitrogens with one attached hydrogen (secondary N) is 1. The number of nitrogens with zero attached hydrogens (tertiary/aromatic N) is 5. The number of rotatable bonds is 5. The Morgan fingerprint density at radius 3 is 2.94 bits per heavy atom. The summed E-state index contributed by atoms with van der Waals surface area (Å²) in [5, 5.41) is 20.3. The SMILES string of the molecule is CCc1nnc(NC(=O)CSc2nncn2C)s1. The molecule has 0 saturated heterocycles. The molecule has 0 saturated carbocycles. The van der Waals surface area contributed by atoms with Gasteiger partial charge in [-0.3, -0.25) is 10.1 Å². The predicted molar refractivity (Wildman–Crippen MR) is 69.6 cm³/mol. The van der Waals surface area contributed by atoms with E-state index in [1.165, 1.54) is 23.1 Å². The number of aromatic nitrogens is 5. The van der Waals surface area contributed by atoms with Crippen LogP contribution < -0.4 is 5.32 Å². The maximum absolute atomic E-state index is 11.7. The summed E-state index contributed by atoms with van der Waals surface area (Å²) in [6, 6.07) is 0. The largest absolute Gasteiger partial charge is 0.312 e. The van der Waals surface area contributed by atoms with Crippen molar-refractivity contribution in [3.8, 4) is 0 Å². The van der Waals surface area contributed by atoms with Crippen molar-refractivity contribution in [3.63, 3.8) is 0 Å². The minimum atomic E-state index is -0.123. The van der Waals surface area contributed by atoms with Gasteiger partial charge in [0.05, 0.1) is 5.75 Å². The number of hydrogen-bond acceptors (Lipinski definition) is 7. The van der Waals surface area contributed by atoms with Gasteiger partial charge in [0.1, 0.15) is 11.3 Å². The van der Waals surface area contributed by atoms with Crippen molar-refractivity contribution in [1.29, 1.82) is 0 Å². The minimum Gasteiger partial charge on any atom is -0.312 e. The first-order chi connectivity index (χ1) is 8.69. The van der Waals surface area contributed by atoms with Crippen LogP contribution in [0, 0.1) is 0 Å². The van der Waals surface area contributed by atoms with Crippen molar-refractivity contribution in [2.24, 2.45) is 7.05 Å². The molecule has 0 aliphatic carbocycles. The van der Waals surface area contributed by atoms with Crippen molar-refractivity contribution in [3.05, 3.63) is 11.3 Å². The highest BCUT2D eigenvalue weighted by Gasteiger charge is 2.09. The Morgan fingerprint density at radius 1 is 1.50 bits per heavy atom. The maximum atomic E-state index is 11.7. The van der Waals surface area contributed by atoms with Crippen molar-refractivity contribution in [2.45, 2.75) is 18.5 Å². The molecule has 7 nitrogen and oxygen atoms in total. The van der Waals surface area contributed by atoms with Gasteiger partial charge < -0.3 is 4.57 Å². The third kappa shape index (κ3) is 3.26. The molecule has 0 bridgehead atoms. The summed E-state index contributed by atoms with van der Waals surface area (Å²) in [5.74, 6) is 0.148. The number of anilines is 1. The van der Waals surface area contributed by atoms with Crippen LogP contribution >= 0.6 is 23.1 Å². The topological polar surface area (TPSA) is 85.6 Å². The first kappa shape index (κ1) is 13.0. The molecule has 2 heterocycles. The number of aryl methyl sites for hydroxylation is 2. The van der Waals surface area contributed by atoms with Crippen LogP contribution in [0.5, 0.6) is 0 Å². The molecule has 2 rings (SSSR count). The van der Waals surface area contributed by atoms with E-state index in [0.717, 1.165) is 11.4 Å². The highest BCUT2D eigenvalue weighted by atomic mass is 32.2. The van der Waals surface area contributed by atoms with Gasteiger partial charge in [-0.2, -0.15) is 0 Å². The number of thioether (sulfide) groups is 1. The van der Waals surface area contributed by atoms with Gasteiger partial charge in [-0.25, -0.2) is 0 Å². The molecule has 0 radical (unpaired) electrons. The molecule has 96 valence electrons. The summed E-state index contributed by atoms with van der Waals surface area (Å²) >= 11 is 2.72. The van der Waals surface area contributed by atoms with E-state index in [9.17, 15) is 4.79 Å². The van der Waals surface area contributed by atoms with Crippen LogP contribution in [-0.2, 0) is 18.3 Å². The molecule has 1 amide bonds. The van der Waals surface area contributed by atoms with Crippen LogP contribution in [0.25, 0.3) is 0 Å². The minimum absolute atomic E-state index is 0.123. The number of carbonyl (C=O) groups is 1. The molecule has 0 atom stereocenters. The van der Waals surface area contributed by atoms with Crippen molar-refractivity contribution >= 4 is 34.1 Å². The molecule has 0 aromatic carbocycles. The van der Waals surface area contributed by atoms with Gasteiger partial charge >= 0.3 is 0 Å². The van der Waals surface area contributed by atoms with Gasteiger partial charge in [0.2, 0.25) is 11.0 Å². The van der Waals surface area contributed by atoms with Crippen molar-refractivity contribution in [1.82, 2.24) is 25.0 Å². The molecule has 0 fully saturated rings. The van der Waals surface area contributed by atoms with Crippen LogP contribution in [0.2, 0.25) is 0 Å². The van der Waals surface area contributed by atoms with E-state index in [4.69, 9.17) is 0 Å². The average molecular weight is 284 g/mol. The quantitative estimate of drug-likeness (QED) is 0.823. The number of carbonyl (C=O) groups excluding carboxylic acids is 1. The van der Waals surface area contributed by atoms with E-state index >= 15 is 0 Å². The zero-order valence-corrected chi connectivity index (χ0v) is 11.6. The van der Waals surface area contributed by atoms with Crippen molar-refractivity contribution in [2.75, 3.05) is 11.1 Å². The molecule has 0 aliphatic heterocycles. The van der Waals surface area contributed by atoms with Crippen molar-refractivity contribution < 1.29 is 4.79 Å². The average Bonchev–Trinajstić information content (AvgIpc) is 2.96. The van der Waals surface area contributed by atoms with E-state index in [0.29, 0.717) is 10.3 Å². The van der Waals surface area contributed by atoms with Gasteiger partial charge in [0.15, 0.2) is 5.16 Å². The monoisotopic (exact) mass is 284 g/mol. The fraction of sp³-hybridized carbons (Fsp3) is 0.444. The lowest BCUT2D eigenvalue weighted by atomic mass is 10.5. The lowest BCUT2D eigenvalue weighted by molar-refractivity contribution is -0.113. The normalized spacial score (nSPS) is 10.6. The summed E-state index contributed by atoms with van der Waals surface area (Å²) in [6.07, 6.45) is 2.42. The molecule has 0 spiro atoms. The van der Waals surface area contributed by atoms with E-state index in [-0.39, 0.29) is 11.7 Å². The molecule has 0 aliphatic rings. The zero-order chi connectivity index (χ0) is 13.0. The summed E-state index contributed by atoms with van der Waals surface area (Å²) in [7, 11) is 1.83. The van der Waals surface area contributed by atoms with Crippen LogP contribution in [0.15, 0.2) is 11.5 Å². The van der Waals surface area contributed by atoms with Gasteiger partial charge in [-0.1, -0.05) is 30.0 Å². The first-order valence-electron chi connectivity index (χ1n) is 5.28. The van der Waals surface area contributed by atoms with Crippen LogP contribution in [0.4, 0.5) is 5.13 Å². The Bertz CT molecular complexity index is 537. The molecular formula is C9H12N6OS2. The molecule has 1 N–H and O–H groups in total. The van der Waals surface area contributed by atoms with E-state index in [1.54, 1.807) is 10.9 Å². The standard InChI is InChI=1S/C9H12N6OS2/c1-3-7-12-13-8(18-7)11-6(16)4-17-9-14-10-5-15(9)2/h5H,3-4H2,1-2H3,(H,11,13,16). The third-order valence-corrected chi connectivity index (χ3v) is 4.04. The van der Waals surface area contributed by atoms with Gasteiger partial charge in [-0.05, 0) is 6.42 Å². The second-order valence-corrected chi connectivity index (χ2v) is 5.42. The second kappa shape index (κ2) is 5.91. The van der Waals surface area contributed by atoms with E-state index in [1.807, 2.05) is 14.0 Å². The fourth-order valence-corrected chi connectivity index (χ4v) is 2.52.